The van der Waals surface area contributed by atoms with Crippen molar-refractivity contribution in [3.05, 3.63) is 58.5 Å². The third-order valence-electron chi connectivity index (χ3n) is 4.70. The van der Waals surface area contributed by atoms with Crippen molar-refractivity contribution in [2.75, 3.05) is 19.6 Å². The summed E-state index contributed by atoms with van der Waals surface area (Å²) in [5, 5.41) is 0. The second-order valence-electron chi connectivity index (χ2n) is 6.25. The van der Waals surface area contributed by atoms with Gasteiger partial charge in [-0.25, -0.2) is 0 Å². The number of piperazine rings is 1. The number of halogens is 1. The summed E-state index contributed by atoms with van der Waals surface area (Å²) >= 11 is 3.28. The van der Waals surface area contributed by atoms with Crippen LogP contribution in [0.15, 0.2) is 51.6 Å². The number of nitrogens with zero attached hydrogens (tertiary/aromatic N) is 2. The summed E-state index contributed by atoms with van der Waals surface area (Å²) in [4.78, 5) is 17.4. The number of carbonyl (C=O) groups is 1. The summed E-state index contributed by atoms with van der Waals surface area (Å²) in [6.07, 6.45) is 2.58. The van der Waals surface area contributed by atoms with Crippen molar-refractivity contribution >= 4 is 21.8 Å². The Hall–Kier alpha value is -1.59. The van der Waals surface area contributed by atoms with Crippen LogP contribution >= 0.6 is 15.9 Å². The first-order valence-electron chi connectivity index (χ1n) is 8.07. The van der Waals surface area contributed by atoms with Crippen molar-refractivity contribution in [1.29, 1.82) is 0 Å². The first kappa shape index (κ1) is 15.0. The molecule has 1 amide bonds. The molecule has 1 aromatic heterocycles. The number of rotatable bonds is 3. The zero-order valence-corrected chi connectivity index (χ0v) is 14.4. The highest BCUT2D eigenvalue weighted by molar-refractivity contribution is 9.10. The Morgan fingerprint density at radius 2 is 1.87 bits per heavy atom. The Labute approximate surface area is 144 Å². The zero-order chi connectivity index (χ0) is 15.8. The smallest absolute Gasteiger partial charge is 0.290 e. The highest BCUT2D eigenvalue weighted by Gasteiger charge is 2.38. The summed E-state index contributed by atoms with van der Waals surface area (Å²) in [7, 11) is 0. The van der Waals surface area contributed by atoms with E-state index in [1.165, 1.54) is 18.4 Å². The molecule has 120 valence electrons. The van der Waals surface area contributed by atoms with Crippen LogP contribution in [-0.2, 0) is 0 Å². The van der Waals surface area contributed by atoms with E-state index in [2.05, 4.69) is 33.0 Å². The van der Waals surface area contributed by atoms with Gasteiger partial charge in [-0.2, -0.15) is 0 Å². The Bertz CT molecular complexity index is 696. The number of hydrogen-bond donors (Lipinski definition) is 0. The molecule has 5 heteroatoms. The van der Waals surface area contributed by atoms with E-state index >= 15 is 0 Å². The van der Waals surface area contributed by atoms with Gasteiger partial charge in [0, 0.05) is 25.7 Å². The van der Waals surface area contributed by atoms with Gasteiger partial charge >= 0.3 is 0 Å². The van der Waals surface area contributed by atoms with Gasteiger partial charge in [-0.1, -0.05) is 30.3 Å². The van der Waals surface area contributed by atoms with Crippen molar-refractivity contribution < 1.29 is 9.21 Å². The summed E-state index contributed by atoms with van der Waals surface area (Å²) in [6.45, 7) is 2.59. The molecule has 0 spiro atoms. The van der Waals surface area contributed by atoms with Crippen LogP contribution in [0.25, 0.3) is 0 Å². The number of benzene rings is 1. The van der Waals surface area contributed by atoms with Crippen molar-refractivity contribution in [2.45, 2.75) is 24.9 Å². The molecule has 1 aliphatic heterocycles. The van der Waals surface area contributed by atoms with E-state index in [1.807, 2.05) is 23.1 Å². The second kappa shape index (κ2) is 6.13. The van der Waals surface area contributed by atoms with Crippen molar-refractivity contribution in [2.24, 2.45) is 0 Å². The fourth-order valence-electron chi connectivity index (χ4n) is 3.35. The van der Waals surface area contributed by atoms with Gasteiger partial charge < -0.3 is 9.32 Å². The van der Waals surface area contributed by atoms with Gasteiger partial charge in [0.2, 0.25) is 0 Å². The molecule has 1 aromatic carbocycles. The van der Waals surface area contributed by atoms with Gasteiger partial charge in [0.05, 0.1) is 6.04 Å². The van der Waals surface area contributed by atoms with Crippen molar-refractivity contribution in [3.8, 4) is 0 Å². The lowest BCUT2D eigenvalue weighted by Crippen LogP contribution is -2.51. The van der Waals surface area contributed by atoms with E-state index < -0.39 is 0 Å². The van der Waals surface area contributed by atoms with Crippen LogP contribution in [0, 0.1) is 0 Å². The van der Waals surface area contributed by atoms with Crippen LogP contribution in [0.1, 0.15) is 35.0 Å². The third-order valence-corrected chi connectivity index (χ3v) is 5.13. The highest BCUT2D eigenvalue weighted by Crippen LogP contribution is 2.34. The average Bonchev–Trinajstić information content (AvgIpc) is 3.36. The Morgan fingerprint density at radius 1 is 1.09 bits per heavy atom. The van der Waals surface area contributed by atoms with Crippen molar-refractivity contribution in [3.63, 3.8) is 0 Å². The first-order valence-corrected chi connectivity index (χ1v) is 8.87. The summed E-state index contributed by atoms with van der Waals surface area (Å²) in [6, 6.07) is 14.6. The molecule has 2 heterocycles. The van der Waals surface area contributed by atoms with E-state index in [0.29, 0.717) is 10.4 Å². The van der Waals surface area contributed by atoms with Gasteiger partial charge in [-0.3, -0.25) is 9.69 Å². The maximum Gasteiger partial charge on any atom is 0.290 e. The highest BCUT2D eigenvalue weighted by atomic mass is 79.9. The number of hydrogen-bond acceptors (Lipinski definition) is 3. The standard InChI is InChI=1S/C18H19BrN2O2/c19-17-9-8-16(23-17)18(22)21-11-10-20(14-6-7-14)12-15(21)13-4-2-1-3-5-13/h1-5,8-9,14-15H,6-7,10-12H2. The lowest BCUT2D eigenvalue weighted by atomic mass is 10.0. The van der Waals surface area contributed by atoms with Crippen LogP contribution in [0.4, 0.5) is 0 Å². The van der Waals surface area contributed by atoms with Crippen LogP contribution < -0.4 is 0 Å². The molecule has 4 nitrogen and oxygen atoms in total. The molecule has 2 aliphatic rings. The third kappa shape index (κ3) is 3.08. The molecule has 1 saturated carbocycles. The van der Waals surface area contributed by atoms with E-state index in [9.17, 15) is 4.79 Å². The van der Waals surface area contributed by atoms with Gasteiger partial charge in [-0.05, 0) is 46.5 Å². The van der Waals surface area contributed by atoms with Gasteiger partial charge in [0.15, 0.2) is 10.4 Å². The average molecular weight is 375 g/mol. The van der Waals surface area contributed by atoms with Gasteiger partial charge in [-0.15, -0.1) is 0 Å². The molecule has 0 N–H and O–H groups in total. The maximum absolute atomic E-state index is 12.9. The molecule has 2 aromatic rings. The topological polar surface area (TPSA) is 36.7 Å². The second-order valence-corrected chi connectivity index (χ2v) is 7.04. The number of amides is 1. The lowest BCUT2D eigenvalue weighted by molar-refractivity contribution is 0.0403. The zero-order valence-electron chi connectivity index (χ0n) is 12.8. The quantitative estimate of drug-likeness (QED) is 0.821. The summed E-state index contributed by atoms with van der Waals surface area (Å²) < 4.78 is 6.07. The fourth-order valence-corrected chi connectivity index (χ4v) is 3.66. The number of furan rings is 1. The van der Waals surface area contributed by atoms with Gasteiger partial charge in [0.25, 0.3) is 5.91 Å². The largest absolute Gasteiger partial charge is 0.444 e. The SMILES string of the molecule is O=C(c1ccc(Br)o1)N1CCN(C2CC2)CC1c1ccccc1. The molecule has 1 saturated heterocycles. The molecule has 0 bridgehead atoms. The van der Waals surface area contributed by atoms with Crippen molar-refractivity contribution in [1.82, 2.24) is 9.80 Å². The predicted octanol–water partition coefficient (Wildman–Crippen LogP) is 3.70. The van der Waals surface area contributed by atoms with Crippen LogP contribution in [-0.4, -0.2) is 41.4 Å². The monoisotopic (exact) mass is 374 g/mol. The minimum atomic E-state index is -0.0278. The summed E-state index contributed by atoms with van der Waals surface area (Å²) in [5.41, 5.74) is 1.19. The molecule has 4 rings (SSSR count). The lowest BCUT2D eigenvalue weighted by Gasteiger charge is -2.41. The van der Waals surface area contributed by atoms with Crippen LogP contribution in [0.3, 0.4) is 0 Å². The Kier molecular flexibility index (Phi) is 3.99. The molecule has 2 fully saturated rings. The molecule has 1 unspecified atom stereocenters. The first-order chi connectivity index (χ1) is 11.2. The molecular formula is C18H19BrN2O2. The predicted molar refractivity (Wildman–Crippen MR) is 91.2 cm³/mol. The molecule has 1 atom stereocenters. The number of carbonyl (C=O) groups excluding carboxylic acids is 1. The Morgan fingerprint density at radius 3 is 2.52 bits per heavy atom. The fraction of sp³-hybridized carbons (Fsp3) is 0.389. The van der Waals surface area contributed by atoms with Crippen LogP contribution in [0.5, 0.6) is 0 Å². The molecule has 23 heavy (non-hydrogen) atoms. The van der Waals surface area contributed by atoms with Gasteiger partial charge in [0.1, 0.15) is 0 Å². The summed E-state index contributed by atoms with van der Waals surface area (Å²) in [5.74, 6) is 0.373. The van der Waals surface area contributed by atoms with Crippen LogP contribution in [0.2, 0.25) is 0 Å². The minimum Gasteiger partial charge on any atom is -0.444 e. The minimum absolute atomic E-state index is 0.0278. The Balaban J connectivity index is 1.62. The molecular weight excluding hydrogens is 356 g/mol. The molecule has 0 radical (unpaired) electrons. The normalized spacial score (nSPS) is 22.3. The maximum atomic E-state index is 12.9. The van der Waals surface area contributed by atoms with E-state index in [0.717, 1.165) is 25.7 Å². The van der Waals surface area contributed by atoms with E-state index in [4.69, 9.17) is 4.42 Å². The van der Waals surface area contributed by atoms with E-state index in [-0.39, 0.29) is 11.9 Å². The molecule has 1 aliphatic carbocycles. The van der Waals surface area contributed by atoms with E-state index in [1.54, 1.807) is 12.1 Å².